The minimum absolute atomic E-state index is 0.138. The molecule has 3 rings (SSSR count). The van der Waals surface area contributed by atoms with Crippen molar-refractivity contribution in [3.05, 3.63) is 69.2 Å². The molecule has 1 aliphatic heterocycles. The quantitative estimate of drug-likeness (QED) is 0.816. The molecule has 0 saturated carbocycles. The molecule has 0 saturated heterocycles. The molecule has 102 valence electrons. The zero-order chi connectivity index (χ0) is 14.1. The lowest BCUT2D eigenvalue weighted by Gasteiger charge is -2.29. The number of hydrogen-bond acceptors (Lipinski definition) is 1. The molecule has 0 fully saturated rings. The summed E-state index contributed by atoms with van der Waals surface area (Å²) in [6.07, 6.45) is 0.936. The van der Waals surface area contributed by atoms with E-state index in [4.69, 9.17) is 0 Å². The predicted octanol–water partition coefficient (Wildman–Crippen LogP) is 3.96. The molecule has 3 heteroatoms. The molecule has 1 heterocycles. The van der Waals surface area contributed by atoms with Gasteiger partial charge in [0.25, 0.3) is 5.91 Å². The Morgan fingerprint density at radius 3 is 2.80 bits per heavy atom. The second-order valence-corrected chi connectivity index (χ2v) is 6.08. The fourth-order valence-corrected chi connectivity index (χ4v) is 3.23. The van der Waals surface area contributed by atoms with Crippen LogP contribution in [-0.2, 0) is 13.0 Å². The molecule has 0 aromatic heterocycles. The van der Waals surface area contributed by atoms with Gasteiger partial charge in [-0.25, -0.2) is 0 Å². The Hall–Kier alpha value is -1.61. The van der Waals surface area contributed by atoms with Crippen LogP contribution in [0.1, 0.15) is 27.0 Å². The third-order valence-electron chi connectivity index (χ3n) is 3.76. The molecule has 0 radical (unpaired) electrons. The topological polar surface area (TPSA) is 20.3 Å². The summed E-state index contributed by atoms with van der Waals surface area (Å²) in [5.41, 5.74) is 4.39. The van der Waals surface area contributed by atoms with Gasteiger partial charge in [0.1, 0.15) is 0 Å². The number of carbonyl (C=O) groups excluding carboxylic acids is 1. The fraction of sp³-hybridized carbons (Fsp3) is 0.235. The van der Waals surface area contributed by atoms with Gasteiger partial charge in [0.05, 0.1) is 0 Å². The van der Waals surface area contributed by atoms with Gasteiger partial charge in [-0.2, -0.15) is 0 Å². The standard InChI is InChI=1S/C17H16BrNO/c1-12-6-7-14(16(18)10-12)11-19-9-8-13-4-2-3-5-15(13)17(19)20/h2-7,10H,8-9,11H2,1H3. The third kappa shape index (κ3) is 2.50. The minimum atomic E-state index is 0.138. The van der Waals surface area contributed by atoms with Gasteiger partial charge in [-0.15, -0.1) is 0 Å². The molecule has 2 aromatic rings. The smallest absolute Gasteiger partial charge is 0.254 e. The van der Waals surface area contributed by atoms with E-state index in [0.717, 1.165) is 34.1 Å². The first-order valence-corrected chi connectivity index (χ1v) is 7.56. The zero-order valence-electron chi connectivity index (χ0n) is 11.4. The second-order valence-electron chi connectivity index (χ2n) is 5.23. The van der Waals surface area contributed by atoms with E-state index in [-0.39, 0.29) is 5.91 Å². The van der Waals surface area contributed by atoms with E-state index in [1.807, 2.05) is 29.2 Å². The fourth-order valence-electron chi connectivity index (χ4n) is 2.61. The van der Waals surface area contributed by atoms with Gasteiger partial charge >= 0.3 is 0 Å². The summed E-state index contributed by atoms with van der Waals surface area (Å²) in [5, 5.41) is 0. The Labute approximate surface area is 127 Å². The lowest BCUT2D eigenvalue weighted by Crippen LogP contribution is -2.37. The molecule has 0 aliphatic carbocycles. The number of fused-ring (bicyclic) bond motifs is 1. The number of benzene rings is 2. The summed E-state index contributed by atoms with van der Waals surface area (Å²) < 4.78 is 1.07. The van der Waals surface area contributed by atoms with E-state index >= 15 is 0 Å². The molecule has 0 atom stereocenters. The number of halogens is 1. The van der Waals surface area contributed by atoms with Crippen molar-refractivity contribution >= 4 is 21.8 Å². The van der Waals surface area contributed by atoms with E-state index < -0.39 is 0 Å². The first-order valence-electron chi connectivity index (χ1n) is 6.77. The van der Waals surface area contributed by atoms with E-state index in [0.29, 0.717) is 6.54 Å². The van der Waals surface area contributed by atoms with Gasteiger partial charge in [0.15, 0.2) is 0 Å². The molecule has 0 spiro atoms. The maximum absolute atomic E-state index is 12.5. The normalized spacial score (nSPS) is 14.3. The van der Waals surface area contributed by atoms with E-state index in [1.165, 1.54) is 5.56 Å². The van der Waals surface area contributed by atoms with Crippen molar-refractivity contribution in [3.63, 3.8) is 0 Å². The van der Waals surface area contributed by atoms with E-state index in [1.54, 1.807) is 0 Å². The molecule has 2 aromatic carbocycles. The van der Waals surface area contributed by atoms with Gasteiger partial charge in [-0.05, 0) is 42.2 Å². The molecule has 20 heavy (non-hydrogen) atoms. The van der Waals surface area contributed by atoms with Crippen LogP contribution in [0.5, 0.6) is 0 Å². The number of amides is 1. The number of carbonyl (C=O) groups is 1. The van der Waals surface area contributed by atoms with Gasteiger partial charge in [-0.3, -0.25) is 4.79 Å². The van der Waals surface area contributed by atoms with E-state index in [9.17, 15) is 4.79 Å². The monoisotopic (exact) mass is 329 g/mol. The van der Waals surface area contributed by atoms with Crippen molar-refractivity contribution in [1.29, 1.82) is 0 Å². The summed E-state index contributed by atoms with van der Waals surface area (Å²) in [7, 11) is 0. The van der Waals surface area contributed by atoms with Crippen LogP contribution in [0.2, 0.25) is 0 Å². The van der Waals surface area contributed by atoms with Crippen LogP contribution in [0.15, 0.2) is 46.9 Å². The molecule has 1 aliphatic rings. The Kier molecular flexibility index (Phi) is 3.62. The lowest BCUT2D eigenvalue weighted by molar-refractivity contribution is 0.0726. The minimum Gasteiger partial charge on any atom is -0.334 e. The molecular formula is C17H16BrNO. The van der Waals surface area contributed by atoms with Gasteiger partial charge < -0.3 is 4.90 Å². The second kappa shape index (κ2) is 5.41. The van der Waals surface area contributed by atoms with Crippen LogP contribution in [0.25, 0.3) is 0 Å². The predicted molar refractivity (Wildman–Crippen MR) is 83.8 cm³/mol. The Morgan fingerprint density at radius 1 is 1.20 bits per heavy atom. The van der Waals surface area contributed by atoms with Crippen molar-refractivity contribution in [2.45, 2.75) is 19.9 Å². The first-order chi connectivity index (χ1) is 9.65. The zero-order valence-corrected chi connectivity index (χ0v) is 13.0. The van der Waals surface area contributed by atoms with Crippen molar-refractivity contribution < 1.29 is 4.79 Å². The molecule has 0 unspecified atom stereocenters. The van der Waals surface area contributed by atoms with Crippen LogP contribution in [-0.4, -0.2) is 17.4 Å². The van der Waals surface area contributed by atoms with Gasteiger partial charge in [0.2, 0.25) is 0 Å². The van der Waals surface area contributed by atoms with Crippen molar-refractivity contribution in [2.24, 2.45) is 0 Å². The summed E-state index contributed by atoms with van der Waals surface area (Å²) in [6.45, 7) is 3.51. The summed E-state index contributed by atoms with van der Waals surface area (Å²) in [4.78, 5) is 14.4. The Morgan fingerprint density at radius 2 is 2.00 bits per heavy atom. The van der Waals surface area contributed by atoms with Crippen molar-refractivity contribution in [1.82, 2.24) is 4.90 Å². The highest BCUT2D eigenvalue weighted by Gasteiger charge is 2.24. The van der Waals surface area contributed by atoms with Crippen LogP contribution in [0, 0.1) is 6.92 Å². The van der Waals surface area contributed by atoms with Crippen molar-refractivity contribution in [3.8, 4) is 0 Å². The molecule has 2 nitrogen and oxygen atoms in total. The highest BCUT2D eigenvalue weighted by Crippen LogP contribution is 2.24. The van der Waals surface area contributed by atoms with E-state index in [2.05, 4.69) is 41.1 Å². The summed E-state index contributed by atoms with van der Waals surface area (Å²) in [6, 6.07) is 14.2. The largest absolute Gasteiger partial charge is 0.334 e. The highest BCUT2D eigenvalue weighted by molar-refractivity contribution is 9.10. The summed E-state index contributed by atoms with van der Waals surface area (Å²) in [5.74, 6) is 0.138. The number of nitrogens with zero attached hydrogens (tertiary/aromatic N) is 1. The number of rotatable bonds is 2. The van der Waals surface area contributed by atoms with Crippen LogP contribution < -0.4 is 0 Å². The third-order valence-corrected chi connectivity index (χ3v) is 4.49. The number of aryl methyl sites for hydroxylation is 1. The lowest BCUT2D eigenvalue weighted by atomic mass is 9.98. The first kappa shape index (κ1) is 13.4. The average Bonchev–Trinajstić information content (AvgIpc) is 2.45. The number of hydrogen-bond donors (Lipinski definition) is 0. The highest BCUT2D eigenvalue weighted by atomic mass is 79.9. The van der Waals surface area contributed by atoms with Crippen molar-refractivity contribution in [2.75, 3.05) is 6.54 Å². The Balaban J connectivity index is 1.85. The molecular weight excluding hydrogens is 314 g/mol. The van der Waals surface area contributed by atoms with Crippen LogP contribution in [0.4, 0.5) is 0 Å². The van der Waals surface area contributed by atoms with Gasteiger partial charge in [0, 0.05) is 23.1 Å². The molecule has 0 N–H and O–H groups in total. The maximum Gasteiger partial charge on any atom is 0.254 e. The Bertz CT molecular complexity index is 666. The molecule has 1 amide bonds. The molecule has 0 bridgehead atoms. The average molecular weight is 330 g/mol. The van der Waals surface area contributed by atoms with Crippen LogP contribution in [0.3, 0.4) is 0 Å². The maximum atomic E-state index is 12.5. The SMILES string of the molecule is Cc1ccc(CN2CCc3ccccc3C2=O)c(Br)c1. The summed E-state index contributed by atoms with van der Waals surface area (Å²) >= 11 is 3.59. The van der Waals surface area contributed by atoms with Crippen LogP contribution >= 0.6 is 15.9 Å². The van der Waals surface area contributed by atoms with Gasteiger partial charge in [-0.1, -0.05) is 46.3 Å².